The normalized spacial score (nSPS) is 28.3. The molecule has 2 fully saturated rings. The topological polar surface area (TPSA) is 37.6 Å². The Labute approximate surface area is 115 Å². The van der Waals surface area contributed by atoms with Gasteiger partial charge in [-0.3, -0.25) is 4.90 Å². The van der Waals surface area contributed by atoms with E-state index in [9.17, 15) is 0 Å². The SMILES string of the molecule is CNCc1occc1CN1CCOC2CCCCC21. The second-order valence-corrected chi connectivity index (χ2v) is 5.63. The zero-order valence-electron chi connectivity index (χ0n) is 11.7. The zero-order chi connectivity index (χ0) is 13.1. The summed E-state index contributed by atoms with van der Waals surface area (Å²) in [7, 11) is 1.96. The van der Waals surface area contributed by atoms with Crippen LogP contribution in [0.25, 0.3) is 0 Å². The van der Waals surface area contributed by atoms with Crippen LogP contribution in [0.2, 0.25) is 0 Å². The van der Waals surface area contributed by atoms with Crippen molar-refractivity contribution in [1.29, 1.82) is 0 Å². The Morgan fingerprint density at radius 2 is 2.26 bits per heavy atom. The van der Waals surface area contributed by atoms with Gasteiger partial charge in [0.15, 0.2) is 0 Å². The van der Waals surface area contributed by atoms with Crippen molar-refractivity contribution in [3.8, 4) is 0 Å². The van der Waals surface area contributed by atoms with Crippen LogP contribution in [0.4, 0.5) is 0 Å². The minimum Gasteiger partial charge on any atom is -0.468 e. The summed E-state index contributed by atoms with van der Waals surface area (Å²) in [6.07, 6.45) is 7.45. The highest BCUT2D eigenvalue weighted by molar-refractivity contribution is 5.17. The van der Waals surface area contributed by atoms with E-state index in [2.05, 4.69) is 16.3 Å². The Bertz CT molecular complexity index is 403. The maximum absolute atomic E-state index is 5.93. The quantitative estimate of drug-likeness (QED) is 0.904. The molecule has 4 heteroatoms. The number of fused-ring (bicyclic) bond motifs is 1. The highest BCUT2D eigenvalue weighted by Gasteiger charge is 2.34. The lowest BCUT2D eigenvalue weighted by atomic mass is 9.90. The molecule has 0 spiro atoms. The number of furan rings is 1. The van der Waals surface area contributed by atoms with Gasteiger partial charge in [-0.15, -0.1) is 0 Å². The van der Waals surface area contributed by atoms with Gasteiger partial charge in [-0.25, -0.2) is 0 Å². The summed E-state index contributed by atoms with van der Waals surface area (Å²) in [6.45, 7) is 3.73. The van der Waals surface area contributed by atoms with Crippen LogP contribution < -0.4 is 5.32 Å². The standard InChI is InChI=1S/C15H24N2O2/c1-16-10-15-12(6-8-18-15)11-17-7-9-19-14-5-3-2-4-13(14)17/h6,8,13-14,16H,2-5,7,9-11H2,1H3. The molecule has 0 bridgehead atoms. The van der Waals surface area contributed by atoms with Gasteiger partial charge >= 0.3 is 0 Å². The van der Waals surface area contributed by atoms with Crippen LogP contribution in [0.5, 0.6) is 0 Å². The van der Waals surface area contributed by atoms with Gasteiger partial charge in [0.1, 0.15) is 5.76 Å². The van der Waals surface area contributed by atoms with E-state index in [1.54, 1.807) is 6.26 Å². The van der Waals surface area contributed by atoms with E-state index in [-0.39, 0.29) is 0 Å². The van der Waals surface area contributed by atoms with Crippen molar-refractivity contribution >= 4 is 0 Å². The molecule has 4 nitrogen and oxygen atoms in total. The number of hydrogen-bond donors (Lipinski definition) is 1. The van der Waals surface area contributed by atoms with Gasteiger partial charge in [-0.2, -0.15) is 0 Å². The first-order chi connectivity index (χ1) is 9.38. The van der Waals surface area contributed by atoms with Crippen LogP contribution in [0.3, 0.4) is 0 Å². The van der Waals surface area contributed by atoms with E-state index in [1.165, 1.54) is 31.2 Å². The number of ether oxygens (including phenoxy) is 1. The van der Waals surface area contributed by atoms with E-state index in [0.29, 0.717) is 12.1 Å². The summed E-state index contributed by atoms with van der Waals surface area (Å²) in [6, 6.07) is 2.72. The van der Waals surface area contributed by atoms with Crippen molar-refractivity contribution in [1.82, 2.24) is 10.2 Å². The van der Waals surface area contributed by atoms with E-state index in [0.717, 1.165) is 32.0 Å². The molecule has 19 heavy (non-hydrogen) atoms. The largest absolute Gasteiger partial charge is 0.468 e. The molecule has 0 radical (unpaired) electrons. The zero-order valence-corrected chi connectivity index (χ0v) is 11.7. The molecule has 3 rings (SSSR count). The molecule has 1 aliphatic carbocycles. The first-order valence-electron chi connectivity index (χ1n) is 7.44. The summed E-state index contributed by atoms with van der Waals surface area (Å²) < 4.78 is 11.5. The van der Waals surface area contributed by atoms with Crippen LogP contribution >= 0.6 is 0 Å². The average Bonchev–Trinajstić information content (AvgIpc) is 2.87. The molecule has 1 saturated heterocycles. The van der Waals surface area contributed by atoms with Crippen molar-refractivity contribution in [3.05, 3.63) is 23.7 Å². The van der Waals surface area contributed by atoms with Crippen LogP contribution in [0.15, 0.2) is 16.7 Å². The Balaban J connectivity index is 1.69. The summed E-state index contributed by atoms with van der Waals surface area (Å²) in [5.74, 6) is 1.07. The van der Waals surface area contributed by atoms with E-state index >= 15 is 0 Å². The molecule has 1 N–H and O–H groups in total. The number of rotatable bonds is 4. The highest BCUT2D eigenvalue weighted by Crippen LogP contribution is 2.30. The lowest BCUT2D eigenvalue weighted by molar-refractivity contribution is -0.0912. The first kappa shape index (κ1) is 13.2. The summed E-state index contributed by atoms with van der Waals surface area (Å²) in [5.41, 5.74) is 1.32. The van der Waals surface area contributed by atoms with Crippen LogP contribution in [0, 0.1) is 0 Å². The van der Waals surface area contributed by atoms with Gasteiger partial charge in [-0.05, 0) is 26.0 Å². The molecule has 2 unspecified atom stereocenters. The van der Waals surface area contributed by atoms with Gasteiger partial charge < -0.3 is 14.5 Å². The number of hydrogen-bond acceptors (Lipinski definition) is 4. The molecule has 106 valence electrons. The molecule has 1 saturated carbocycles. The number of nitrogens with zero attached hydrogens (tertiary/aromatic N) is 1. The van der Waals surface area contributed by atoms with E-state index in [1.807, 2.05) is 7.05 Å². The Hall–Kier alpha value is -0.840. The molecular weight excluding hydrogens is 240 g/mol. The third-order valence-electron chi connectivity index (χ3n) is 4.40. The maximum atomic E-state index is 5.93. The predicted molar refractivity (Wildman–Crippen MR) is 73.9 cm³/mol. The molecule has 2 heterocycles. The molecule has 1 aliphatic heterocycles. The van der Waals surface area contributed by atoms with Gasteiger partial charge in [0.25, 0.3) is 0 Å². The highest BCUT2D eigenvalue weighted by atomic mass is 16.5. The second kappa shape index (κ2) is 6.07. The van der Waals surface area contributed by atoms with E-state index in [4.69, 9.17) is 9.15 Å². The van der Waals surface area contributed by atoms with Crippen LogP contribution in [-0.2, 0) is 17.8 Å². The first-order valence-corrected chi connectivity index (χ1v) is 7.44. The van der Waals surface area contributed by atoms with Crippen molar-refractivity contribution in [2.75, 3.05) is 20.2 Å². The minimum atomic E-state index is 0.460. The maximum Gasteiger partial charge on any atom is 0.122 e. The third kappa shape index (κ3) is 2.86. The summed E-state index contributed by atoms with van der Waals surface area (Å²) in [5, 5.41) is 3.17. The predicted octanol–water partition coefficient (Wildman–Crippen LogP) is 2.14. The Morgan fingerprint density at radius 3 is 3.16 bits per heavy atom. The van der Waals surface area contributed by atoms with Crippen LogP contribution in [0.1, 0.15) is 37.0 Å². The number of morpholine rings is 1. The molecular formula is C15H24N2O2. The fourth-order valence-electron chi connectivity index (χ4n) is 3.42. The Morgan fingerprint density at radius 1 is 1.37 bits per heavy atom. The number of nitrogens with one attached hydrogen (secondary N) is 1. The molecule has 0 aromatic carbocycles. The lowest BCUT2D eigenvalue weighted by Gasteiger charge is -2.43. The monoisotopic (exact) mass is 264 g/mol. The van der Waals surface area contributed by atoms with Crippen LogP contribution in [-0.4, -0.2) is 37.2 Å². The summed E-state index contributed by atoms with van der Waals surface area (Å²) >= 11 is 0. The van der Waals surface area contributed by atoms with Crippen molar-refractivity contribution in [2.45, 2.75) is 50.9 Å². The van der Waals surface area contributed by atoms with E-state index < -0.39 is 0 Å². The fourth-order valence-corrected chi connectivity index (χ4v) is 3.42. The van der Waals surface area contributed by atoms with Gasteiger partial charge in [0, 0.05) is 24.7 Å². The average molecular weight is 264 g/mol. The molecule has 2 atom stereocenters. The van der Waals surface area contributed by atoms with Gasteiger partial charge in [0.2, 0.25) is 0 Å². The smallest absolute Gasteiger partial charge is 0.122 e. The Kier molecular flexibility index (Phi) is 4.21. The second-order valence-electron chi connectivity index (χ2n) is 5.63. The molecule has 1 aromatic heterocycles. The minimum absolute atomic E-state index is 0.460. The van der Waals surface area contributed by atoms with Gasteiger partial charge in [-0.1, -0.05) is 12.8 Å². The fraction of sp³-hybridized carbons (Fsp3) is 0.733. The van der Waals surface area contributed by atoms with Crippen molar-refractivity contribution in [3.63, 3.8) is 0 Å². The molecule has 2 aliphatic rings. The van der Waals surface area contributed by atoms with Crippen molar-refractivity contribution < 1.29 is 9.15 Å². The lowest BCUT2D eigenvalue weighted by Crippen LogP contribution is -2.52. The third-order valence-corrected chi connectivity index (χ3v) is 4.40. The van der Waals surface area contributed by atoms with Crippen molar-refractivity contribution in [2.24, 2.45) is 0 Å². The van der Waals surface area contributed by atoms with Gasteiger partial charge in [0.05, 0.1) is 25.5 Å². The molecule has 1 aromatic rings. The summed E-state index contributed by atoms with van der Waals surface area (Å²) in [4.78, 5) is 2.59. The molecule has 0 amide bonds.